The summed E-state index contributed by atoms with van der Waals surface area (Å²) >= 11 is 5.79. The highest BCUT2D eigenvalue weighted by Gasteiger charge is 2.23. The fraction of sp³-hybridized carbons (Fsp3) is 0.500. The standard InChI is InChI=1S/C12H16ClNO3S/c1-18(15,16)12-5-3-2-4-11(12)14-6-7-17-10(8-13)9-14/h2-5,10H,6-9H2,1H3. The minimum Gasteiger partial charge on any atom is -0.373 e. The third-order valence-corrected chi connectivity index (χ3v) is 4.40. The molecule has 0 bridgehead atoms. The van der Waals surface area contributed by atoms with Gasteiger partial charge in [0.1, 0.15) is 0 Å². The van der Waals surface area contributed by atoms with Crippen molar-refractivity contribution in [3.8, 4) is 0 Å². The van der Waals surface area contributed by atoms with Crippen molar-refractivity contribution >= 4 is 27.1 Å². The predicted octanol–water partition coefficient (Wildman–Crippen LogP) is 1.53. The number of halogens is 1. The van der Waals surface area contributed by atoms with Crippen LogP contribution in [0.15, 0.2) is 29.2 Å². The van der Waals surface area contributed by atoms with Gasteiger partial charge < -0.3 is 9.64 Å². The zero-order valence-corrected chi connectivity index (χ0v) is 11.7. The Morgan fingerprint density at radius 1 is 1.44 bits per heavy atom. The smallest absolute Gasteiger partial charge is 0.177 e. The van der Waals surface area contributed by atoms with E-state index in [1.165, 1.54) is 6.26 Å². The average molecular weight is 290 g/mol. The third kappa shape index (κ3) is 2.96. The molecule has 1 unspecified atom stereocenters. The van der Waals surface area contributed by atoms with Gasteiger partial charge in [-0.1, -0.05) is 12.1 Å². The van der Waals surface area contributed by atoms with E-state index in [1.54, 1.807) is 12.1 Å². The number of benzene rings is 1. The molecule has 1 aliphatic rings. The second kappa shape index (κ2) is 5.47. The van der Waals surface area contributed by atoms with Crippen molar-refractivity contribution in [3.63, 3.8) is 0 Å². The van der Waals surface area contributed by atoms with Crippen LogP contribution < -0.4 is 4.90 Å². The number of anilines is 1. The molecule has 0 amide bonds. The number of nitrogens with zero attached hydrogens (tertiary/aromatic N) is 1. The van der Waals surface area contributed by atoms with Gasteiger partial charge in [-0.25, -0.2) is 8.42 Å². The van der Waals surface area contributed by atoms with Gasteiger partial charge in [-0.2, -0.15) is 0 Å². The number of para-hydroxylation sites is 1. The average Bonchev–Trinajstić information content (AvgIpc) is 2.38. The molecule has 100 valence electrons. The van der Waals surface area contributed by atoms with Crippen LogP contribution in [-0.2, 0) is 14.6 Å². The number of morpholine rings is 1. The first-order valence-corrected chi connectivity index (χ1v) is 8.16. The molecule has 2 rings (SSSR count). The van der Waals surface area contributed by atoms with Crippen LogP contribution in [0.1, 0.15) is 0 Å². The Bertz CT molecular complexity index is 518. The van der Waals surface area contributed by atoms with Crippen molar-refractivity contribution in [3.05, 3.63) is 24.3 Å². The molecule has 1 aromatic carbocycles. The van der Waals surface area contributed by atoms with E-state index in [-0.39, 0.29) is 6.10 Å². The summed E-state index contributed by atoms with van der Waals surface area (Å²) in [5.41, 5.74) is 0.735. The van der Waals surface area contributed by atoms with E-state index in [0.29, 0.717) is 30.5 Å². The lowest BCUT2D eigenvalue weighted by molar-refractivity contribution is 0.0553. The monoisotopic (exact) mass is 289 g/mol. The van der Waals surface area contributed by atoms with E-state index >= 15 is 0 Å². The minimum atomic E-state index is -3.22. The van der Waals surface area contributed by atoms with Crippen molar-refractivity contribution in [2.45, 2.75) is 11.0 Å². The van der Waals surface area contributed by atoms with Crippen LogP contribution in [0.4, 0.5) is 5.69 Å². The third-order valence-electron chi connectivity index (χ3n) is 2.92. The normalized spacial score (nSPS) is 21.0. The number of ether oxygens (including phenoxy) is 1. The highest BCUT2D eigenvalue weighted by atomic mass is 35.5. The van der Waals surface area contributed by atoms with Gasteiger partial charge in [-0.3, -0.25) is 0 Å². The highest BCUT2D eigenvalue weighted by Crippen LogP contribution is 2.26. The van der Waals surface area contributed by atoms with Crippen molar-refractivity contribution in [2.75, 3.05) is 36.7 Å². The molecule has 1 aliphatic heterocycles. The molecule has 6 heteroatoms. The van der Waals surface area contributed by atoms with Gasteiger partial charge in [-0.15, -0.1) is 11.6 Å². The Morgan fingerprint density at radius 3 is 2.83 bits per heavy atom. The highest BCUT2D eigenvalue weighted by molar-refractivity contribution is 7.90. The molecule has 1 atom stereocenters. The zero-order chi connectivity index (χ0) is 13.2. The molecule has 1 saturated heterocycles. The number of sulfone groups is 1. The Hall–Kier alpha value is -0.780. The molecule has 1 heterocycles. The number of rotatable bonds is 3. The molecule has 0 spiro atoms. The molecule has 0 radical (unpaired) electrons. The van der Waals surface area contributed by atoms with Crippen molar-refractivity contribution in [1.29, 1.82) is 0 Å². The summed E-state index contributed by atoms with van der Waals surface area (Å²) in [7, 11) is -3.22. The summed E-state index contributed by atoms with van der Waals surface area (Å²) in [5.74, 6) is 0.414. The van der Waals surface area contributed by atoms with Gasteiger partial charge in [0.05, 0.1) is 29.2 Å². The Morgan fingerprint density at radius 2 is 2.17 bits per heavy atom. The second-order valence-corrected chi connectivity index (χ2v) is 6.63. The summed E-state index contributed by atoms with van der Waals surface area (Å²) in [5, 5.41) is 0. The molecule has 1 fully saturated rings. The zero-order valence-electron chi connectivity index (χ0n) is 10.2. The first-order chi connectivity index (χ1) is 8.52. The molecule has 4 nitrogen and oxygen atoms in total. The Labute approximate surface area is 112 Å². The number of hydrogen-bond donors (Lipinski definition) is 0. The van der Waals surface area contributed by atoms with Gasteiger partial charge >= 0.3 is 0 Å². The summed E-state index contributed by atoms with van der Waals surface area (Å²) in [6.45, 7) is 1.87. The molecule has 0 aliphatic carbocycles. The fourth-order valence-electron chi connectivity index (χ4n) is 2.06. The molecule has 0 N–H and O–H groups in total. The van der Waals surface area contributed by atoms with Crippen LogP contribution in [-0.4, -0.2) is 46.4 Å². The lowest BCUT2D eigenvalue weighted by Crippen LogP contribution is -2.43. The maximum atomic E-state index is 11.8. The quantitative estimate of drug-likeness (QED) is 0.792. The maximum absolute atomic E-state index is 11.8. The molecule has 0 aromatic heterocycles. The van der Waals surface area contributed by atoms with Gasteiger partial charge in [0, 0.05) is 19.3 Å². The lowest BCUT2D eigenvalue weighted by Gasteiger charge is -2.34. The van der Waals surface area contributed by atoms with Crippen LogP contribution >= 0.6 is 11.6 Å². The van der Waals surface area contributed by atoms with Crippen molar-refractivity contribution in [2.24, 2.45) is 0 Å². The topological polar surface area (TPSA) is 46.6 Å². The summed E-state index contributed by atoms with van der Waals surface area (Å²) in [4.78, 5) is 2.38. The Kier molecular flexibility index (Phi) is 4.14. The van der Waals surface area contributed by atoms with Crippen LogP contribution in [0.5, 0.6) is 0 Å². The molecular formula is C12H16ClNO3S. The van der Waals surface area contributed by atoms with Crippen molar-refractivity contribution < 1.29 is 13.2 Å². The summed E-state index contributed by atoms with van der Waals surface area (Å²) in [6, 6.07) is 7.04. The minimum absolute atomic E-state index is 0.0481. The first-order valence-electron chi connectivity index (χ1n) is 5.74. The van der Waals surface area contributed by atoms with E-state index < -0.39 is 9.84 Å². The van der Waals surface area contributed by atoms with Gasteiger partial charge in [0.15, 0.2) is 9.84 Å². The van der Waals surface area contributed by atoms with Crippen LogP contribution in [0, 0.1) is 0 Å². The van der Waals surface area contributed by atoms with E-state index in [0.717, 1.165) is 5.69 Å². The van der Waals surface area contributed by atoms with Crippen molar-refractivity contribution in [1.82, 2.24) is 0 Å². The summed E-state index contributed by atoms with van der Waals surface area (Å²) in [6.07, 6.45) is 1.18. The van der Waals surface area contributed by atoms with Gasteiger partial charge in [0.25, 0.3) is 0 Å². The maximum Gasteiger partial charge on any atom is 0.177 e. The van der Waals surface area contributed by atoms with Gasteiger partial charge in [-0.05, 0) is 12.1 Å². The predicted molar refractivity (Wildman–Crippen MR) is 72.2 cm³/mol. The van der Waals surface area contributed by atoms with Crippen LogP contribution in [0.3, 0.4) is 0 Å². The second-order valence-electron chi connectivity index (χ2n) is 4.33. The molecule has 0 saturated carbocycles. The molecular weight excluding hydrogens is 274 g/mol. The first kappa shape index (κ1) is 13.6. The molecule has 1 aromatic rings. The van der Waals surface area contributed by atoms with E-state index in [9.17, 15) is 8.42 Å². The van der Waals surface area contributed by atoms with E-state index in [1.807, 2.05) is 17.0 Å². The number of hydrogen-bond acceptors (Lipinski definition) is 4. The number of alkyl halides is 1. The lowest BCUT2D eigenvalue weighted by atomic mass is 10.2. The fourth-order valence-corrected chi connectivity index (χ4v) is 3.15. The Balaban J connectivity index is 2.33. The van der Waals surface area contributed by atoms with Crippen LogP contribution in [0.2, 0.25) is 0 Å². The summed E-state index contributed by atoms with van der Waals surface area (Å²) < 4.78 is 29.0. The SMILES string of the molecule is CS(=O)(=O)c1ccccc1N1CCOC(CCl)C1. The molecule has 18 heavy (non-hydrogen) atoms. The van der Waals surface area contributed by atoms with Crippen LogP contribution in [0.25, 0.3) is 0 Å². The van der Waals surface area contributed by atoms with Gasteiger partial charge in [0.2, 0.25) is 0 Å². The largest absolute Gasteiger partial charge is 0.373 e. The van der Waals surface area contributed by atoms with E-state index in [2.05, 4.69) is 0 Å². The van der Waals surface area contributed by atoms with E-state index in [4.69, 9.17) is 16.3 Å².